The molecule has 1 N–H and O–H groups in total. The summed E-state index contributed by atoms with van der Waals surface area (Å²) in [6.07, 6.45) is -0.349. The van der Waals surface area contributed by atoms with E-state index in [1.165, 1.54) is 0 Å². The minimum atomic E-state index is -0.349. The van der Waals surface area contributed by atoms with Gasteiger partial charge in [-0.15, -0.1) is 0 Å². The van der Waals surface area contributed by atoms with E-state index in [-0.39, 0.29) is 18.4 Å². The molecule has 1 aliphatic rings. The molecule has 0 saturated carbocycles. The zero-order valence-corrected chi connectivity index (χ0v) is 11.8. The molecule has 0 radical (unpaired) electrons. The number of carbonyl (C=O) groups is 1. The lowest BCUT2D eigenvalue weighted by Crippen LogP contribution is -2.40. The van der Waals surface area contributed by atoms with E-state index >= 15 is 0 Å². The first-order valence-electron chi connectivity index (χ1n) is 6.89. The van der Waals surface area contributed by atoms with Gasteiger partial charge in [-0.05, 0) is 12.5 Å². The van der Waals surface area contributed by atoms with Crippen molar-refractivity contribution in [3.05, 3.63) is 57.8 Å². The summed E-state index contributed by atoms with van der Waals surface area (Å²) in [5.74, 6) is 0. The Labute approximate surface area is 122 Å². The number of nitrogens with zero attached hydrogens (tertiary/aromatic N) is 2. The Bertz CT molecular complexity index is 703. The van der Waals surface area contributed by atoms with Crippen molar-refractivity contribution in [1.29, 1.82) is 0 Å². The van der Waals surface area contributed by atoms with Gasteiger partial charge in [0.25, 0.3) is 0 Å². The fourth-order valence-electron chi connectivity index (χ4n) is 2.51. The van der Waals surface area contributed by atoms with Crippen LogP contribution in [0.5, 0.6) is 0 Å². The van der Waals surface area contributed by atoms with E-state index in [2.05, 4.69) is 4.98 Å². The van der Waals surface area contributed by atoms with Gasteiger partial charge in [0.15, 0.2) is 0 Å². The highest BCUT2D eigenvalue weighted by Crippen LogP contribution is 2.14. The average Bonchev–Trinajstić information content (AvgIpc) is 2.80. The van der Waals surface area contributed by atoms with Gasteiger partial charge in [-0.2, -0.15) is 0 Å². The first-order valence-corrected chi connectivity index (χ1v) is 6.89. The van der Waals surface area contributed by atoms with Gasteiger partial charge in [0.2, 0.25) is 0 Å². The number of amides is 1. The Morgan fingerprint density at radius 2 is 2.05 bits per heavy atom. The summed E-state index contributed by atoms with van der Waals surface area (Å²) in [6, 6.07) is 9.57. The number of fused-ring (bicyclic) bond motifs is 1. The number of hydrogen-bond donors (Lipinski definition) is 1. The Balaban J connectivity index is 1.64. The highest BCUT2D eigenvalue weighted by Gasteiger charge is 2.24. The van der Waals surface area contributed by atoms with Gasteiger partial charge in [-0.3, -0.25) is 4.57 Å². The predicted octanol–water partition coefficient (Wildman–Crippen LogP) is 1.64. The molecule has 1 amide bonds. The monoisotopic (exact) mass is 287 g/mol. The molecule has 6 heteroatoms. The lowest BCUT2D eigenvalue weighted by Gasteiger charge is -2.27. The number of nitrogens with one attached hydrogen (secondary N) is 1. The molecular weight excluding hydrogens is 270 g/mol. The number of rotatable bonds is 2. The first-order chi connectivity index (χ1) is 10.1. The van der Waals surface area contributed by atoms with Crippen LogP contribution in [0.4, 0.5) is 4.79 Å². The average molecular weight is 287 g/mol. The van der Waals surface area contributed by atoms with Gasteiger partial charge in [-0.1, -0.05) is 30.3 Å². The third kappa shape index (κ3) is 2.69. The zero-order valence-electron chi connectivity index (χ0n) is 11.8. The van der Waals surface area contributed by atoms with Gasteiger partial charge < -0.3 is 14.6 Å². The molecule has 1 aromatic heterocycles. The van der Waals surface area contributed by atoms with Crippen molar-refractivity contribution in [3.8, 4) is 0 Å². The Morgan fingerprint density at radius 3 is 2.81 bits per heavy atom. The fourth-order valence-corrected chi connectivity index (χ4v) is 2.51. The molecule has 6 nitrogen and oxygen atoms in total. The topological polar surface area (TPSA) is 67.3 Å². The van der Waals surface area contributed by atoms with Gasteiger partial charge in [0.05, 0.1) is 12.2 Å². The molecular formula is C15H17N3O3. The van der Waals surface area contributed by atoms with E-state index in [0.717, 1.165) is 17.0 Å². The molecule has 0 unspecified atom stereocenters. The Morgan fingerprint density at radius 1 is 1.29 bits per heavy atom. The van der Waals surface area contributed by atoms with Crippen molar-refractivity contribution in [2.75, 3.05) is 6.54 Å². The van der Waals surface area contributed by atoms with E-state index in [0.29, 0.717) is 19.6 Å². The van der Waals surface area contributed by atoms with Crippen molar-refractivity contribution in [2.24, 2.45) is 0 Å². The van der Waals surface area contributed by atoms with Crippen molar-refractivity contribution >= 4 is 6.09 Å². The second-order valence-electron chi connectivity index (χ2n) is 5.12. The highest BCUT2D eigenvalue weighted by atomic mass is 16.6. The molecule has 3 rings (SSSR count). The molecule has 0 fully saturated rings. The van der Waals surface area contributed by atoms with E-state index in [1.54, 1.807) is 9.47 Å². The van der Waals surface area contributed by atoms with Crippen LogP contribution in [0.15, 0.2) is 35.1 Å². The van der Waals surface area contributed by atoms with Crippen LogP contribution in [0, 0.1) is 6.92 Å². The maximum atomic E-state index is 12.1. The van der Waals surface area contributed by atoms with E-state index < -0.39 is 0 Å². The number of aryl methyl sites for hydroxylation is 1. The molecule has 0 bridgehead atoms. The SMILES string of the molecule is Cc1[nH]c(=O)n2c1CN(C(=O)OCc1ccccc1)CC2. The third-order valence-corrected chi connectivity index (χ3v) is 3.70. The summed E-state index contributed by atoms with van der Waals surface area (Å²) in [5.41, 5.74) is 2.50. The number of benzene rings is 1. The molecule has 1 aliphatic heterocycles. The first kappa shape index (κ1) is 13.5. The van der Waals surface area contributed by atoms with Crippen LogP contribution >= 0.6 is 0 Å². The van der Waals surface area contributed by atoms with Crippen molar-refractivity contribution in [3.63, 3.8) is 0 Å². The van der Waals surface area contributed by atoms with Crippen molar-refractivity contribution < 1.29 is 9.53 Å². The number of carbonyl (C=O) groups excluding carboxylic acids is 1. The summed E-state index contributed by atoms with van der Waals surface area (Å²) in [4.78, 5) is 28.1. The van der Waals surface area contributed by atoms with Crippen LogP contribution in [0.2, 0.25) is 0 Å². The standard InChI is InChI=1S/C15H17N3O3/c1-11-13-9-17(7-8-18(13)14(19)16-11)15(20)21-10-12-5-3-2-4-6-12/h2-6H,7-10H2,1H3,(H,16,19). The fraction of sp³-hybridized carbons (Fsp3) is 0.333. The van der Waals surface area contributed by atoms with Crippen molar-refractivity contribution in [1.82, 2.24) is 14.5 Å². The van der Waals surface area contributed by atoms with Crippen LogP contribution < -0.4 is 5.69 Å². The van der Waals surface area contributed by atoms with E-state index in [9.17, 15) is 9.59 Å². The second-order valence-corrected chi connectivity index (χ2v) is 5.12. The van der Waals surface area contributed by atoms with Crippen LogP contribution in [-0.2, 0) is 24.4 Å². The minimum Gasteiger partial charge on any atom is -0.445 e. The van der Waals surface area contributed by atoms with Crippen LogP contribution in [0.3, 0.4) is 0 Å². The summed E-state index contributed by atoms with van der Waals surface area (Å²) < 4.78 is 7.00. The molecule has 2 aromatic rings. The summed E-state index contributed by atoms with van der Waals surface area (Å²) in [5, 5.41) is 0. The Kier molecular flexibility index (Phi) is 3.51. The Hall–Kier alpha value is -2.50. The van der Waals surface area contributed by atoms with Crippen LogP contribution in [0.25, 0.3) is 0 Å². The molecule has 2 heterocycles. The van der Waals surface area contributed by atoms with Crippen molar-refractivity contribution in [2.45, 2.75) is 26.6 Å². The lowest BCUT2D eigenvalue weighted by atomic mass is 10.2. The molecule has 21 heavy (non-hydrogen) atoms. The summed E-state index contributed by atoms with van der Waals surface area (Å²) in [7, 11) is 0. The molecule has 0 saturated heterocycles. The predicted molar refractivity (Wildman–Crippen MR) is 76.8 cm³/mol. The quantitative estimate of drug-likeness (QED) is 0.913. The van der Waals surface area contributed by atoms with Gasteiger partial charge in [-0.25, -0.2) is 9.59 Å². The van der Waals surface area contributed by atoms with Crippen LogP contribution in [-0.4, -0.2) is 27.1 Å². The molecule has 110 valence electrons. The normalized spacial score (nSPS) is 13.9. The maximum absolute atomic E-state index is 12.1. The molecule has 0 atom stereocenters. The number of H-pyrrole nitrogens is 1. The second kappa shape index (κ2) is 5.47. The molecule has 0 spiro atoms. The number of ether oxygens (including phenoxy) is 1. The molecule has 1 aromatic carbocycles. The van der Waals surface area contributed by atoms with Gasteiger partial charge in [0.1, 0.15) is 6.61 Å². The summed E-state index contributed by atoms with van der Waals surface area (Å²) in [6.45, 7) is 3.48. The number of aromatic amines is 1. The minimum absolute atomic E-state index is 0.111. The van der Waals surface area contributed by atoms with Gasteiger partial charge >= 0.3 is 11.8 Å². The van der Waals surface area contributed by atoms with E-state index in [4.69, 9.17) is 4.74 Å². The largest absolute Gasteiger partial charge is 0.445 e. The van der Waals surface area contributed by atoms with Gasteiger partial charge in [0, 0.05) is 18.8 Å². The summed E-state index contributed by atoms with van der Waals surface area (Å²) >= 11 is 0. The lowest BCUT2D eigenvalue weighted by molar-refractivity contribution is 0.0866. The highest BCUT2D eigenvalue weighted by molar-refractivity contribution is 5.67. The smallest absolute Gasteiger partial charge is 0.410 e. The maximum Gasteiger partial charge on any atom is 0.410 e. The third-order valence-electron chi connectivity index (χ3n) is 3.70. The van der Waals surface area contributed by atoms with E-state index in [1.807, 2.05) is 37.3 Å². The van der Waals surface area contributed by atoms with Crippen LogP contribution in [0.1, 0.15) is 17.0 Å². The number of imidazole rings is 1. The number of aromatic nitrogens is 2. The molecule has 0 aliphatic carbocycles. The number of hydrogen-bond acceptors (Lipinski definition) is 3. The zero-order chi connectivity index (χ0) is 14.8.